The third kappa shape index (κ3) is 6.18. The van der Waals surface area contributed by atoms with Gasteiger partial charge in [-0.2, -0.15) is 0 Å². The van der Waals surface area contributed by atoms with Gasteiger partial charge in [0.15, 0.2) is 0 Å². The number of fused-ring (bicyclic) bond motifs is 9. The molecule has 2 heteroatoms. The molecule has 1 heterocycles. The van der Waals surface area contributed by atoms with Crippen LogP contribution in [0.5, 0.6) is 11.5 Å². The first-order valence-corrected chi connectivity index (χ1v) is 23.1. The maximum absolute atomic E-state index is 7.25. The second-order valence-corrected chi connectivity index (χ2v) is 17.5. The SMILES string of the molecule is c1ccc(-c2ccc(N(c3ccc4c(c3)C(c3ccccc3)(c3ccccc3)c3ccccc3-4)c3cccc4c3-c3cc5ccccc5cc3-c3c(cccc3-c3ccccc3)O4)cc2)cc1. The Labute approximate surface area is 391 Å². The topological polar surface area (TPSA) is 12.5 Å². The van der Waals surface area contributed by atoms with Crippen LogP contribution < -0.4 is 9.64 Å². The van der Waals surface area contributed by atoms with E-state index in [-0.39, 0.29) is 0 Å². The Morgan fingerprint density at radius 3 is 1.46 bits per heavy atom. The van der Waals surface area contributed by atoms with E-state index < -0.39 is 5.41 Å². The zero-order valence-corrected chi connectivity index (χ0v) is 36.7. The summed E-state index contributed by atoms with van der Waals surface area (Å²) in [6.45, 7) is 0. The van der Waals surface area contributed by atoms with Crippen molar-refractivity contribution in [2.75, 3.05) is 4.90 Å². The first-order valence-electron chi connectivity index (χ1n) is 23.1. The van der Waals surface area contributed by atoms with Crippen LogP contribution in [0.15, 0.2) is 261 Å². The summed E-state index contributed by atoms with van der Waals surface area (Å²) in [7, 11) is 0. The van der Waals surface area contributed by atoms with Crippen molar-refractivity contribution in [2.24, 2.45) is 0 Å². The average Bonchev–Trinajstić information content (AvgIpc) is 3.61. The van der Waals surface area contributed by atoms with Gasteiger partial charge in [0.2, 0.25) is 0 Å². The predicted octanol–water partition coefficient (Wildman–Crippen LogP) is 17.4. The fourth-order valence-electron chi connectivity index (χ4n) is 11.0. The minimum absolute atomic E-state index is 0.564. The first-order chi connectivity index (χ1) is 33.2. The van der Waals surface area contributed by atoms with Crippen molar-refractivity contribution in [3.05, 3.63) is 283 Å². The Bertz CT molecular complexity index is 3600. The summed E-state index contributed by atoms with van der Waals surface area (Å²) >= 11 is 0. The Balaban J connectivity index is 1.10. The number of rotatable bonds is 7. The number of benzene rings is 11. The molecule has 314 valence electrons. The van der Waals surface area contributed by atoms with E-state index in [1.165, 1.54) is 49.7 Å². The second kappa shape index (κ2) is 15.8. The smallest absolute Gasteiger partial charge is 0.137 e. The normalized spacial score (nSPS) is 12.7. The Hall–Kier alpha value is -8.72. The van der Waals surface area contributed by atoms with E-state index in [1.54, 1.807) is 0 Å². The molecule has 0 fully saturated rings. The van der Waals surface area contributed by atoms with Crippen molar-refractivity contribution in [3.63, 3.8) is 0 Å². The van der Waals surface area contributed by atoms with E-state index in [1.807, 2.05) is 0 Å². The van der Waals surface area contributed by atoms with Crippen LogP contribution in [-0.2, 0) is 5.41 Å². The zero-order chi connectivity index (χ0) is 44.3. The van der Waals surface area contributed by atoms with Crippen molar-refractivity contribution in [1.82, 2.24) is 0 Å². The van der Waals surface area contributed by atoms with Crippen LogP contribution in [0.25, 0.3) is 66.4 Å². The van der Waals surface area contributed by atoms with E-state index in [9.17, 15) is 0 Å². The quantitative estimate of drug-likeness (QED) is 0.158. The van der Waals surface area contributed by atoms with Gasteiger partial charge in [0.25, 0.3) is 0 Å². The predicted molar refractivity (Wildman–Crippen MR) is 278 cm³/mol. The highest BCUT2D eigenvalue weighted by Crippen LogP contribution is 2.59. The molecule has 0 N–H and O–H groups in total. The molecule has 0 unspecified atom stereocenters. The summed E-state index contributed by atoms with van der Waals surface area (Å²) in [5.41, 5.74) is 19.1. The summed E-state index contributed by atoms with van der Waals surface area (Å²) in [6.07, 6.45) is 0. The summed E-state index contributed by atoms with van der Waals surface area (Å²) in [5, 5.41) is 2.35. The first kappa shape index (κ1) is 38.7. The van der Waals surface area contributed by atoms with Crippen LogP contribution in [0.1, 0.15) is 22.3 Å². The molecular formula is C65H43NO. The van der Waals surface area contributed by atoms with Gasteiger partial charge >= 0.3 is 0 Å². The molecule has 67 heavy (non-hydrogen) atoms. The minimum Gasteiger partial charge on any atom is -0.456 e. The van der Waals surface area contributed by atoms with Crippen LogP contribution in [0.2, 0.25) is 0 Å². The summed E-state index contributed by atoms with van der Waals surface area (Å²) < 4.78 is 7.25. The minimum atomic E-state index is -0.564. The number of hydrogen-bond acceptors (Lipinski definition) is 2. The molecule has 2 nitrogen and oxygen atoms in total. The monoisotopic (exact) mass is 853 g/mol. The lowest BCUT2D eigenvalue weighted by Crippen LogP contribution is -2.28. The Kier molecular flexibility index (Phi) is 9.11. The second-order valence-electron chi connectivity index (χ2n) is 17.5. The molecule has 11 aromatic rings. The molecule has 11 aromatic carbocycles. The lowest BCUT2D eigenvalue weighted by atomic mass is 9.67. The van der Waals surface area contributed by atoms with E-state index in [4.69, 9.17) is 4.74 Å². The van der Waals surface area contributed by atoms with Gasteiger partial charge in [0.05, 0.1) is 11.1 Å². The van der Waals surface area contributed by atoms with E-state index in [0.29, 0.717) is 0 Å². The average molecular weight is 854 g/mol. The molecule has 13 rings (SSSR count). The fraction of sp³-hybridized carbons (Fsp3) is 0.0154. The molecule has 0 saturated heterocycles. The summed E-state index contributed by atoms with van der Waals surface area (Å²) in [6, 6.07) is 95.0. The number of ether oxygens (including phenoxy) is 1. The molecule has 1 aliphatic heterocycles. The third-order valence-electron chi connectivity index (χ3n) is 13.9. The van der Waals surface area contributed by atoms with Crippen LogP contribution in [-0.4, -0.2) is 0 Å². The van der Waals surface area contributed by atoms with Gasteiger partial charge in [0.1, 0.15) is 11.5 Å². The van der Waals surface area contributed by atoms with Gasteiger partial charge < -0.3 is 9.64 Å². The lowest BCUT2D eigenvalue weighted by Gasteiger charge is -2.35. The molecular weight excluding hydrogens is 811 g/mol. The van der Waals surface area contributed by atoms with E-state index in [2.05, 4.69) is 266 Å². The van der Waals surface area contributed by atoms with Gasteiger partial charge in [-0.25, -0.2) is 0 Å². The zero-order valence-electron chi connectivity index (χ0n) is 36.7. The molecule has 1 aliphatic carbocycles. The van der Waals surface area contributed by atoms with Gasteiger partial charge in [-0.05, 0) is 132 Å². The molecule has 0 atom stereocenters. The van der Waals surface area contributed by atoms with Crippen molar-refractivity contribution >= 4 is 27.8 Å². The molecule has 0 aromatic heterocycles. The number of anilines is 3. The highest BCUT2D eigenvalue weighted by Gasteiger charge is 2.46. The maximum atomic E-state index is 7.25. The molecule has 0 amide bonds. The highest BCUT2D eigenvalue weighted by molar-refractivity contribution is 6.07. The highest BCUT2D eigenvalue weighted by atomic mass is 16.5. The largest absolute Gasteiger partial charge is 0.456 e. The molecule has 0 saturated carbocycles. The van der Waals surface area contributed by atoms with Crippen LogP contribution >= 0.6 is 0 Å². The molecule has 0 bridgehead atoms. The van der Waals surface area contributed by atoms with Crippen molar-refractivity contribution < 1.29 is 4.74 Å². The van der Waals surface area contributed by atoms with Gasteiger partial charge in [-0.15, -0.1) is 0 Å². The maximum Gasteiger partial charge on any atom is 0.137 e. The van der Waals surface area contributed by atoms with Gasteiger partial charge in [-0.3, -0.25) is 0 Å². The number of nitrogens with zero attached hydrogens (tertiary/aromatic N) is 1. The van der Waals surface area contributed by atoms with Crippen molar-refractivity contribution in [3.8, 4) is 67.1 Å². The van der Waals surface area contributed by atoms with Crippen molar-refractivity contribution in [1.29, 1.82) is 0 Å². The van der Waals surface area contributed by atoms with Crippen LogP contribution in [0.4, 0.5) is 17.1 Å². The van der Waals surface area contributed by atoms with Crippen LogP contribution in [0.3, 0.4) is 0 Å². The van der Waals surface area contributed by atoms with Crippen molar-refractivity contribution in [2.45, 2.75) is 5.41 Å². The van der Waals surface area contributed by atoms with Crippen LogP contribution in [0, 0.1) is 0 Å². The third-order valence-corrected chi connectivity index (χ3v) is 13.9. The Morgan fingerprint density at radius 2 is 0.791 bits per heavy atom. The molecule has 2 aliphatic rings. The Morgan fingerprint density at radius 1 is 0.299 bits per heavy atom. The van der Waals surface area contributed by atoms with E-state index >= 15 is 0 Å². The summed E-state index contributed by atoms with van der Waals surface area (Å²) in [5.74, 6) is 1.64. The summed E-state index contributed by atoms with van der Waals surface area (Å²) in [4.78, 5) is 2.45. The molecule has 0 radical (unpaired) electrons. The molecule has 0 spiro atoms. The van der Waals surface area contributed by atoms with Gasteiger partial charge in [-0.1, -0.05) is 206 Å². The lowest BCUT2D eigenvalue weighted by molar-refractivity contribution is 0.488. The van der Waals surface area contributed by atoms with E-state index in [0.717, 1.165) is 67.5 Å². The van der Waals surface area contributed by atoms with Gasteiger partial charge in [0, 0.05) is 22.5 Å². The standard InChI is InChI=1S/C65H43NO/c1-5-19-44(20-6-1)45-35-37-51(38-36-45)66(52-39-40-55-54-29-15-16-31-58(54)65(59(55)43-52,49-25-9-3-10-26-49)50-27-11-4-12-28-50)60-32-18-34-62-64(60)57-42-48-24-14-13-23-47(48)41-56(57)63-53(30-17-33-61(63)67-62)46-21-7-2-8-22-46/h1-43H. The number of hydrogen-bond donors (Lipinski definition) is 0. The fourth-order valence-corrected chi connectivity index (χ4v) is 11.0.